The molecule has 0 aliphatic heterocycles. The first-order valence-corrected chi connectivity index (χ1v) is 9.62. The number of carbonyl (C=O) groups excluding carboxylic acids is 1. The summed E-state index contributed by atoms with van der Waals surface area (Å²) in [5.41, 5.74) is 5.70. The van der Waals surface area contributed by atoms with Crippen molar-refractivity contribution in [3.8, 4) is 0 Å². The maximum Gasteiger partial charge on any atom is 0.236 e. The van der Waals surface area contributed by atoms with E-state index in [1.165, 1.54) is 25.7 Å². The van der Waals surface area contributed by atoms with Gasteiger partial charge in [-0.1, -0.05) is 6.42 Å². The third-order valence-corrected chi connectivity index (χ3v) is 5.81. The Labute approximate surface area is 121 Å². The first-order chi connectivity index (χ1) is 9.35. The van der Waals surface area contributed by atoms with E-state index in [2.05, 4.69) is 5.32 Å². The van der Waals surface area contributed by atoms with Crippen molar-refractivity contribution in [3.63, 3.8) is 0 Å². The van der Waals surface area contributed by atoms with Gasteiger partial charge in [-0.3, -0.25) is 4.79 Å². The van der Waals surface area contributed by atoms with Crippen LogP contribution in [-0.4, -0.2) is 38.9 Å². The van der Waals surface area contributed by atoms with E-state index in [1.54, 1.807) is 0 Å². The Morgan fingerprint density at radius 2 is 2.10 bits per heavy atom. The van der Waals surface area contributed by atoms with Gasteiger partial charge in [-0.05, 0) is 49.9 Å². The van der Waals surface area contributed by atoms with Crippen molar-refractivity contribution in [3.05, 3.63) is 0 Å². The zero-order valence-corrected chi connectivity index (χ0v) is 13.0. The first-order valence-electron chi connectivity index (χ1n) is 7.56. The van der Waals surface area contributed by atoms with Crippen LogP contribution >= 0.6 is 0 Å². The third-order valence-electron chi connectivity index (χ3n) is 4.84. The maximum atomic E-state index is 11.8. The number of nitrogens with one attached hydrogen (secondary N) is 1. The summed E-state index contributed by atoms with van der Waals surface area (Å²) in [6.45, 7) is 0.666. The quantitative estimate of drug-likeness (QED) is 0.724. The van der Waals surface area contributed by atoms with Crippen LogP contribution in [0.25, 0.3) is 0 Å². The van der Waals surface area contributed by atoms with Crippen LogP contribution in [0, 0.1) is 17.8 Å². The van der Waals surface area contributed by atoms with Crippen LogP contribution < -0.4 is 11.1 Å². The number of hydrogen-bond acceptors (Lipinski definition) is 4. The molecule has 0 saturated heterocycles. The molecule has 20 heavy (non-hydrogen) atoms. The molecule has 0 spiro atoms. The predicted molar refractivity (Wildman–Crippen MR) is 78.9 cm³/mol. The number of fused-ring (bicyclic) bond motifs is 2. The second-order valence-electron chi connectivity index (χ2n) is 6.54. The minimum atomic E-state index is -3.05. The molecule has 1 amide bonds. The fourth-order valence-electron chi connectivity index (χ4n) is 3.71. The van der Waals surface area contributed by atoms with Crippen molar-refractivity contribution in [2.75, 3.05) is 18.6 Å². The molecule has 2 saturated carbocycles. The summed E-state index contributed by atoms with van der Waals surface area (Å²) in [4.78, 5) is 11.8. The van der Waals surface area contributed by atoms with Gasteiger partial charge in [-0.15, -0.1) is 0 Å². The van der Waals surface area contributed by atoms with Crippen LogP contribution in [-0.2, 0) is 14.6 Å². The molecule has 0 aromatic heterocycles. The topological polar surface area (TPSA) is 89.3 Å². The van der Waals surface area contributed by atoms with E-state index in [9.17, 15) is 13.2 Å². The fourth-order valence-corrected chi connectivity index (χ4v) is 4.40. The monoisotopic (exact) mass is 302 g/mol. The molecule has 6 heteroatoms. The highest BCUT2D eigenvalue weighted by Gasteiger charge is 2.38. The average Bonchev–Trinajstić information content (AvgIpc) is 2.97. The summed E-state index contributed by atoms with van der Waals surface area (Å²) in [5, 5.41) is 2.85. The molecule has 0 aromatic carbocycles. The summed E-state index contributed by atoms with van der Waals surface area (Å²) in [7, 11) is -3.05. The SMILES string of the molecule is CS(=O)(=O)CCC(N)C(=O)NCCC1CC2CCC1C2. The zero-order valence-electron chi connectivity index (χ0n) is 12.2. The van der Waals surface area contributed by atoms with Crippen molar-refractivity contribution in [2.24, 2.45) is 23.5 Å². The van der Waals surface area contributed by atoms with Crippen molar-refractivity contribution in [2.45, 2.75) is 44.6 Å². The van der Waals surface area contributed by atoms with Gasteiger partial charge in [0.1, 0.15) is 9.84 Å². The maximum absolute atomic E-state index is 11.8. The van der Waals surface area contributed by atoms with E-state index in [0.717, 1.165) is 30.4 Å². The van der Waals surface area contributed by atoms with Crippen LogP contribution in [0.3, 0.4) is 0 Å². The predicted octanol–water partition coefficient (Wildman–Crippen LogP) is 0.691. The lowest BCUT2D eigenvalue weighted by atomic mass is 9.86. The Morgan fingerprint density at radius 1 is 1.35 bits per heavy atom. The van der Waals surface area contributed by atoms with Crippen molar-refractivity contribution < 1.29 is 13.2 Å². The van der Waals surface area contributed by atoms with Gasteiger partial charge in [0.05, 0.1) is 11.8 Å². The largest absolute Gasteiger partial charge is 0.355 e. The van der Waals surface area contributed by atoms with Crippen molar-refractivity contribution in [1.29, 1.82) is 0 Å². The highest BCUT2D eigenvalue weighted by atomic mass is 32.2. The minimum Gasteiger partial charge on any atom is -0.355 e. The smallest absolute Gasteiger partial charge is 0.236 e. The van der Waals surface area contributed by atoms with Gasteiger partial charge in [0.2, 0.25) is 5.91 Å². The van der Waals surface area contributed by atoms with Crippen molar-refractivity contribution in [1.82, 2.24) is 5.32 Å². The lowest BCUT2D eigenvalue weighted by Crippen LogP contribution is -2.42. The van der Waals surface area contributed by atoms with Gasteiger partial charge in [0.25, 0.3) is 0 Å². The van der Waals surface area contributed by atoms with Crippen LogP contribution in [0.2, 0.25) is 0 Å². The summed E-state index contributed by atoms with van der Waals surface area (Å²) < 4.78 is 22.1. The average molecular weight is 302 g/mol. The van der Waals surface area contributed by atoms with Crippen LogP contribution in [0.15, 0.2) is 0 Å². The molecule has 2 aliphatic rings. The Hall–Kier alpha value is -0.620. The van der Waals surface area contributed by atoms with Crippen LogP contribution in [0.1, 0.15) is 38.5 Å². The first kappa shape index (κ1) is 15.8. The van der Waals surface area contributed by atoms with E-state index < -0.39 is 15.9 Å². The van der Waals surface area contributed by atoms with E-state index in [0.29, 0.717) is 6.54 Å². The Balaban J connectivity index is 1.62. The highest BCUT2D eigenvalue weighted by molar-refractivity contribution is 7.90. The van der Waals surface area contributed by atoms with Gasteiger partial charge in [-0.25, -0.2) is 8.42 Å². The minimum absolute atomic E-state index is 0.0338. The molecule has 3 N–H and O–H groups in total. The molecule has 0 heterocycles. The molecule has 4 atom stereocenters. The number of hydrogen-bond donors (Lipinski definition) is 2. The van der Waals surface area contributed by atoms with E-state index in [4.69, 9.17) is 5.73 Å². The molecule has 4 unspecified atom stereocenters. The Bertz CT molecular complexity index is 449. The fraction of sp³-hybridized carbons (Fsp3) is 0.929. The van der Waals surface area contributed by atoms with E-state index >= 15 is 0 Å². The number of carbonyl (C=O) groups is 1. The van der Waals surface area contributed by atoms with Gasteiger partial charge in [0.15, 0.2) is 0 Å². The lowest BCUT2D eigenvalue weighted by molar-refractivity contribution is -0.122. The molecule has 2 aliphatic carbocycles. The molecule has 5 nitrogen and oxygen atoms in total. The van der Waals surface area contributed by atoms with Crippen molar-refractivity contribution >= 4 is 15.7 Å². The lowest BCUT2D eigenvalue weighted by Gasteiger charge is -2.22. The van der Waals surface area contributed by atoms with E-state index in [-0.39, 0.29) is 18.1 Å². The van der Waals surface area contributed by atoms with Gasteiger partial charge < -0.3 is 11.1 Å². The standard InChI is InChI=1S/C14H26N2O3S/c1-20(18,19)7-5-13(15)14(17)16-6-4-12-9-10-2-3-11(12)8-10/h10-13H,2-9,15H2,1H3,(H,16,17). The number of sulfone groups is 1. The van der Waals surface area contributed by atoms with Crippen LogP contribution in [0.5, 0.6) is 0 Å². The second kappa shape index (κ2) is 6.43. The number of rotatable bonds is 7. The Morgan fingerprint density at radius 3 is 2.65 bits per heavy atom. The summed E-state index contributed by atoms with van der Waals surface area (Å²) in [5.74, 6) is 2.31. The summed E-state index contributed by atoms with van der Waals surface area (Å²) in [6.07, 6.45) is 7.84. The second-order valence-corrected chi connectivity index (χ2v) is 8.80. The number of nitrogens with two attached hydrogens (primary N) is 1. The summed E-state index contributed by atoms with van der Waals surface area (Å²) >= 11 is 0. The van der Waals surface area contributed by atoms with Gasteiger partial charge in [-0.2, -0.15) is 0 Å². The molecular weight excluding hydrogens is 276 g/mol. The normalized spacial score (nSPS) is 30.4. The Kier molecular flexibility index (Phi) is 5.07. The highest BCUT2D eigenvalue weighted by Crippen LogP contribution is 2.49. The zero-order chi connectivity index (χ0) is 14.8. The molecule has 0 aromatic rings. The third kappa shape index (κ3) is 4.45. The molecular formula is C14H26N2O3S. The molecule has 2 fully saturated rings. The molecule has 2 bridgehead atoms. The number of amides is 1. The van der Waals surface area contributed by atoms with Gasteiger partial charge in [0, 0.05) is 12.8 Å². The molecule has 116 valence electrons. The summed E-state index contributed by atoms with van der Waals surface area (Å²) in [6, 6.07) is -0.718. The van der Waals surface area contributed by atoms with E-state index in [1.807, 2.05) is 0 Å². The molecule has 2 rings (SSSR count). The van der Waals surface area contributed by atoms with Gasteiger partial charge >= 0.3 is 0 Å². The molecule has 0 radical (unpaired) electrons. The van der Waals surface area contributed by atoms with Crippen LogP contribution in [0.4, 0.5) is 0 Å².